The summed E-state index contributed by atoms with van der Waals surface area (Å²) in [6.07, 6.45) is -4.70. The number of rotatable bonds is 32. The van der Waals surface area contributed by atoms with Crippen molar-refractivity contribution in [3.63, 3.8) is 0 Å². The van der Waals surface area contributed by atoms with E-state index >= 15 is 0 Å². The summed E-state index contributed by atoms with van der Waals surface area (Å²) >= 11 is -0.0602. The molecule has 11 nitrogen and oxygen atoms in total. The van der Waals surface area contributed by atoms with E-state index < -0.39 is 61.2 Å². The van der Waals surface area contributed by atoms with Gasteiger partial charge in [-0.2, -0.15) is 0 Å². The molecule has 0 unspecified atom stereocenters. The van der Waals surface area contributed by atoms with E-state index in [0.717, 1.165) is 45.4 Å². The zero-order valence-corrected chi connectivity index (χ0v) is 57.5. The SMILES string of the molecule is CO[C@H]1O[C@H](C[C@H]2C[C@@H]([Se]c3c(C(C)C)cc(C(C)C)cc3C(C)C)[C@H](C[C@H]3O[C@H](COCc4ccccc4)[C@@H](OCc4ccccc4)[C@H](OCc4ccccc4)[C@H]3OCc3ccccc3)O2)[C@@H](OCc2ccccc2)[C@H](OCc2ccccc2)[C@H]1OCc1ccccc1. The number of hydrogen-bond donors (Lipinski definition) is 0. The molecule has 0 spiro atoms. The van der Waals surface area contributed by atoms with Crippen LogP contribution in [0, 0.1) is 0 Å². The molecule has 0 aromatic heterocycles. The normalized spacial score (nSPS) is 24.7. The second kappa shape index (κ2) is 35.2. The molecule has 0 bridgehead atoms. The van der Waals surface area contributed by atoms with Crippen molar-refractivity contribution in [1.82, 2.24) is 0 Å². The fourth-order valence-corrected chi connectivity index (χ4v) is 16.9. The molecule has 13 atom stereocenters. The average molecular weight is 1340 g/mol. The number of hydrogen-bond acceptors (Lipinski definition) is 11. The van der Waals surface area contributed by atoms with Crippen molar-refractivity contribution in [1.29, 1.82) is 0 Å². The van der Waals surface area contributed by atoms with Crippen LogP contribution in [0.5, 0.6) is 0 Å². The van der Waals surface area contributed by atoms with Crippen LogP contribution in [0.4, 0.5) is 0 Å². The van der Waals surface area contributed by atoms with Gasteiger partial charge in [0.25, 0.3) is 0 Å². The standard InChI is InChI=1S/C82H96O11Se/c1-56(2)66-43-68(57(3)4)81(69(44-66)58(5)6)94-74-46-67(45-71-75(85-49-60-31-17-9-18-32-60)79(89-53-64-39-25-13-26-40-64)80(82(83-7)93-71)90-54-65-41-27-14-28-42-65)91-70(74)47-72-76(86-50-61-33-19-10-20-34-61)78(88-52-63-37-23-12-24-38-63)77(87-51-62-35-21-11-22-36-62)73(92-72)55-84-48-59-29-15-8-16-30-59/h8-44,56-58,67,70-80,82H,45-55H2,1-7H3/t67-,70-,71+,72+,73+,74+,75+,76-,77+,78+,79-,80+,82-/m0/s1. The first-order chi connectivity index (χ1) is 46.0. The Kier molecular flexibility index (Phi) is 25.9. The van der Waals surface area contributed by atoms with Gasteiger partial charge in [0.1, 0.15) is 0 Å². The Morgan fingerprint density at radius 1 is 0.362 bits per heavy atom. The molecule has 12 heteroatoms. The molecule has 0 radical (unpaired) electrons. The van der Waals surface area contributed by atoms with E-state index in [1.54, 1.807) is 7.11 Å². The summed E-state index contributed by atoms with van der Waals surface area (Å²) in [6.45, 7) is 16.7. The minimum absolute atomic E-state index is 0.0602. The first-order valence-electron chi connectivity index (χ1n) is 33.9. The zero-order valence-electron chi connectivity index (χ0n) is 55.8. The molecule has 8 aromatic carbocycles. The van der Waals surface area contributed by atoms with Gasteiger partial charge in [0.15, 0.2) is 0 Å². The van der Waals surface area contributed by atoms with Crippen molar-refractivity contribution < 1.29 is 52.1 Å². The molecule has 3 saturated heterocycles. The Hall–Kier alpha value is -6.16. The molecule has 3 fully saturated rings. The van der Waals surface area contributed by atoms with Gasteiger partial charge in [-0.25, -0.2) is 0 Å². The van der Waals surface area contributed by atoms with Gasteiger partial charge in [0.05, 0.1) is 0 Å². The molecule has 496 valence electrons. The van der Waals surface area contributed by atoms with E-state index in [9.17, 15) is 0 Å². The molecular weight excluding hydrogens is 1240 g/mol. The molecule has 8 aromatic rings. The number of methoxy groups -OCH3 is 1. The van der Waals surface area contributed by atoms with E-state index in [1.165, 1.54) is 21.2 Å². The molecule has 3 heterocycles. The molecule has 3 aliphatic rings. The summed E-state index contributed by atoms with van der Waals surface area (Å²) in [5.41, 5.74) is 11.6. The summed E-state index contributed by atoms with van der Waals surface area (Å²) in [5, 5.41) is 0. The van der Waals surface area contributed by atoms with Gasteiger partial charge in [-0.1, -0.05) is 36.4 Å². The van der Waals surface area contributed by atoms with Crippen LogP contribution in [-0.4, -0.2) is 102 Å². The van der Waals surface area contributed by atoms with Crippen LogP contribution < -0.4 is 4.46 Å². The van der Waals surface area contributed by atoms with Gasteiger partial charge in [-0.3, -0.25) is 0 Å². The maximum absolute atomic E-state index is 7.80. The van der Waals surface area contributed by atoms with E-state index in [-0.39, 0.29) is 38.6 Å². The Morgan fingerprint density at radius 3 is 1.07 bits per heavy atom. The van der Waals surface area contributed by atoms with E-state index in [1.807, 2.05) is 103 Å². The van der Waals surface area contributed by atoms with Crippen LogP contribution in [0.2, 0.25) is 4.82 Å². The molecule has 0 amide bonds. The van der Waals surface area contributed by atoms with Crippen LogP contribution in [0.15, 0.2) is 224 Å². The Bertz CT molecular complexity index is 3410. The van der Waals surface area contributed by atoms with Gasteiger partial charge in [-0.05, 0) is 0 Å². The predicted molar refractivity (Wildman–Crippen MR) is 371 cm³/mol. The third-order valence-electron chi connectivity index (χ3n) is 18.2. The summed E-state index contributed by atoms with van der Waals surface area (Å²) in [6, 6.07) is 77.2. The fraction of sp³-hybridized carbons (Fsp3) is 0.415. The molecule has 11 rings (SSSR count). The van der Waals surface area contributed by atoms with E-state index in [4.69, 9.17) is 52.1 Å². The summed E-state index contributed by atoms with van der Waals surface area (Å²) in [5.74, 6) is 1.00. The fourth-order valence-electron chi connectivity index (χ4n) is 13.1. The first kappa shape index (κ1) is 69.2. The quantitative estimate of drug-likeness (QED) is 0.0377. The third kappa shape index (κ3) is 19.1. The average Bonchev–Trinajstić information content (AvgIpc) is 1.28. The van der Waals surface area contributed by atoms with Crippen LogP contribution in [0.3, 0.4) is 0 Å². The van der Waals surface area contributed by atoms with Crippen molar-refractivity contribution in [2.75, 3.05) is 13.7 Å². The van der Waals surface area contributed by atoms with Crippen LogP contribution >= 0.6 is 0 Å². The van der Waals surface area contributed by atoms with Gasteiger partial charge < -0.3 is 0 Å². The third-order valence-corrected chi connectivity index (χ3v) is 21.4. The summed E-state index contributed by atoms with van der Waals surface area (Å²) < 4.78 is 80.4. The monoisotopic (exact) mass is 1340 g/mol. The first-order valence-corrected chi connectivity index (χ1v) is 35.8. The van der Waals surface area contributed by atoms with Crippen molar-refractivity contribution in [3.05, 3.63) is 280 Å². The summed E-state index contributed by atoms with van der Waals surface area (Å²) in [7, 11) is 1.69. The smallest absolute Gasteiger partial charge is 0.0622 e. The second-order valence-electron chi connectivity index (χ2n) is 26.2. The van der Waals surface area contributed by atoms with Gasteiger partial charge in [0.2, 0.25) is 0 Å². The van der Waals surface area contributed by atoms with Gasteiger partial charge in [0, 0.05) is 0 Å². The minimum Gasteiger partial charge on any atom is -0.0622 e. The van der Waals surface area contributed by atoms with Crippen molar-refractivity contribution in [2.24, 2.45) is 0 Å². The molecule has 94 heavy (non-hydrogen) atoms. The van der Waals surface area contributed by atoms with Crippen LogP contribution in [-0.2, 0) is 98.4 Å². The molecular formula is C82H96O11Se. The maximum atomic E-state index is 7.80. The predicted octanol–water partition coefficient (Wildman–Crippen LogP) is 16.0. The minimum atomic E-state index is -0.783. The second-order valence-corrected chi connectivity index (χ2v) is 28.8. The van der Waals surface area contributed by atoms with Crippen molar-refractivity contribution in [2.45, 2.75) is 203 Å². The topological polar surface area (TPSA) is 102 Å². The van der Waals surface area contributed by atoms with Gasteiger partial charge in [-0.15, -0.1) is 0 Å². The van der Waals surface area contributed by atoms with Crippen LogP contribution in [0.1, 0.15) is 134 Å². The molecule has 0 N–H and O–H groups in total. The Balaban J connectivity index is 0.981. The van der Waals surface area contributed by atoms with Gasteiger partial charge >= 0.3 is 532 Å². The molecule has 0 saturated carbocycles. The van der Waals surface area contributed by atoms with E-state index in [0.29, 0.717) is 76.8 Å². The molecule has 0 aliphatic carbocycles. The number of benzene rings is 8. The van der Waals surface area contributed by atoms with E-state index in [2.05, 4.69) is 163 Å². The Morgan fingerprint density at radius 2 is 0.702 bits per heavy atom. The van der Waals surface area contributed by atoms with Crippen molar-refractivity contribution >= 4 is 19.4 Å². The molecule has 3 aliphatic heterocycles. The Labute approximate surface area is 565 Å². The zero-order chi connectivity index (χ0) is 65.0. The summed E-state index contributed by atoms with van der Waals surface area (Å²) in [4.78, 5) is 0.108. The van der Waals surface area contributed by atoms with Crippen molar-refractivity contribution in [3.8, 4) is 0 Å². The van der Waals surface area contributed by atoms with Crippen LogP contribution in [0.25, 0.3) is 0 Å². The number of ether oxygens (including phenoxy) is 11.